The number of carbonyl (C=O) groups excluding carboxylic acids is 2. The molecule has 6 heteroatoms. The standard InChI is InChI=1S/C21H27N3O3/c1-13-14(2)22-19-7-5-15(10-18(13)19)20(25)23-11-16-4-6-17(12-23)24(21(16)26)8-9-27-3/h5,7,10,16-17,22H,4,6,8-9,11-12H2,1-3H3/t16-,17+/m0/s1. The zero-order valence-electron chi connectivity index (χ0n) is 16.2. The SMILES string of the molecule is COCCN1C(=O)[C@H]2CC[C@@H]1CN(C(=O)c1ccc3[nH]c(C)c(C)c3c1)C2. The third kappa shape index (κ3) is 3.12. The zero-order chi connectivity index (χ0) is 19.1. The molecule has 27 heavy (non-hydrogen) atoms. The molecule has 144 valence electrons. The molecule has 3 fully saturated rings. The van der Waals surface area contributed by atoms with Crippen LogP contribution >= 0.6 is 0 Å². The molecule has 2 atom stereocenters. The summed E-state index contributed by atoms with van der Waals surface area (Å²) in [6, 6.07) is 5.94. The molecule has 1 aromatic heterocycles. The van der Waals surface area contributed by atoms with Crippen LogP contribution < -0.4 is 0 Å². The summed E-state index contributed by atoms with van der Waals surface area (Å²) in [6.07, 6.45) is 1.82. The maximum atomic E-state index is 13.2. The molecule has 3 aliphatic rings. The third-order valence-corrected chi connectivity index (χ3v) is 6.17. The van der Waals surface area contributed by atoms with Gasteiger partial charge in [-0.15, -0.1) is 0 Å². The number of amides is 2. The number of carbonyl (C=O) groups is 2. The van der Waals surface area contributed by atoms with E-state index < -0.39 is 0 Å². The number of aryl methyl sites for hydroxylation is 2. The Morgan fingerprint density at radius 1 is 1.26 bits per heavy atom. The van der Waals surface area contributed by atoms with Crippen molar-refractivity contribution in [2.75, 3.05) is 33.4 Å². The Labute approximate surface area is 159 Å². The summed E-state index contributed by atoms with van der Waals surface area (Å²) >= 11 is 0. The van der Waals surface area contributed by atoms with E-state index in [1.54, 1.807) is 7.11 Å². The number of fused-ring (bicyclic) bond motifs is 5. The number of nitrogens with one attached hydrogen (secondary N) is 1. The number of benzene rings is 1. The number of aromatic amines is 1. The lowest BCUT2D eigenvalue weighted by atomic mass is 9.94. The van der Waals surface area contributed by atoms with Crippen LogP contribution in [0.15, 0.2) is 18.2 Å². The van der Waals surface area contributed by atoms with Gasteiger partial charge in [-0.2, -0.15) is 0 Å². The number of hydrogen-bond donors (Lipinski definition) is 1. The molecule has 6 nitrogen and oxygen atoms in total. The van der Waals surface area contributed by atoms with Crippen molar-refractivity contribution >= 4 is 22.7 Å². The van der Waals surface area contributed by atoms with E-state index in [-0.39, 0.29) is 23.8 Å². The fourth-order valence-electron chi connectivity index (χ4n) is 4.47. The van der Waals surface area contributed by atoms with Crippen molar-refractivity contribution < 1.29 is 14.3 Å². The van der Waals surface area contributed by atoms with Gasteiger partial charge in [0.25, 0.3) is 5.91 Å². The van der Waals surface area contributed by atoms with Crippen molar-refractivity contribution in [3.8, 4) is 0 Å². The quantitative estimate of drug-likeness (QED) is 0.900. The zero-order valence-corrected chi connectivity index (χ0v) is 16.2. The van der Waals surface area contributed by atoms with E-state index in [0.717, 1.165) is 29.4 Å². The minimum absolute atomic E-state index is 0.0217. The average molecular weight is 369 g/mol. The van der Waals surface area contributed by atoms with Gasteiger partial charge in [-0.05, 0) is 50.5 Å². The van der Waals surface area contributed by atoms with Gasteiger partial charge in [0, 0.05) is 54.9 Å². The summed E-state index contributed by atoms with van der Waals surface area (Å²) in [7, 11) is 1.65. The number of piperidine rings is 1. The first-order chi connectivity index (χ1) is 13.0. The molecule has 1 N–H and O–H groups in total. The lowest BCUT2D eigenvalue weighted by Gasteiger charge is -2.35. The van der Waals surface area contributed by atoms with Crippen LogP contribution in [0.4, 0.5) is 0 Å². The first-order valence-electron chi connectivity index (χ1n) is 9.67. The van der Waals surface area contributed by atoms with Gasteiger partial charge in [-0.1, -0.05) is 0 Å². The maximum Gasteiger partial charge on any atom is 0.253 e. The predicted octanol–water partition coefficient (Wildman–Crippen LogP) is 2.49. The van der Waals surface area contributed by atoms with Crippen LogP contribution in [0.1, 0.15) is 34.5 Å². The molecule has 3 saturated heterocycles. The summed E-state index contributed by atoms with van der Waals surface area (Å²) in [6.45, 7) is 6.37. The van der Waals surface area contributed by atoms with Crippen molar-refractivity contribution in [2.45, 2.75) is 32.7 Å². The molecule has 0 saturated carbocycles. The molecule has 4 heterocycles. The summed E-state index contributed by atoms with van der Waals surface area (Å²) in [5.41, 5.74) is 4.05. The fraction of sp³-hybridized carbons (Fsp3) is 0.524. The summed E-state index contributed by atoms with van der Waals surface area (Å²) < 4.78 is 5.16. The second kappa shape index (κ2) is 7.00. The van der Waals surface area contributed by atoms with E-state index in [1.807, 2.05) is 34.9 Å². The van der Waals surface area contributed by atoms with E-state index in [4.69, 9.17) is 4.74 Å². The van der Waals surface area contributed by atoms with Crippen molar-refractivity contribution in [3.05, 3.63) is 35.0 Å². The molecular weight excluding hydrogens is 342 g/mol. The highest BCUT2D eigenvalue weighted by Crippen LogP contribution is 2.30. The van der Waals surface area contributed by atoms with Gasteiger partial charge in [0.15, 0.2) is 0 Å². The normalized spacial score (nSPS) is 22.6. The van der Waals surface area contributed by atoms with Crippen LogP contribution in [0, 0.1) is 19.8 Å². The van der Waals surface area contributed by atoms with Crippen LogP contribution in [0.3, 0.4) is 0 Å². The van der Waals surface area contributed by atoms with E-state index in [2.05, 4.69) is 11.9 Å². The maximum absolute atomic E-state index is 13.2. The number of methoxy groups -OCH3 is 1. The van der Waals surface area contributed by atoms with Gasteiger partial charge in [-0.3, -0.25) is 9.59 Å². The van der Waals surface area contributed by atoms with Gasteiger partial charge < -0.3 is 19.5 Å². The van der Waals surface area contributed by atoms with Crippen LogP contribution in [-0.2, 0) is 9.53 Å². The van der Waals surface area contributed by atoms with Crippen molar-refractivity contribution in [1.82, 2.24) is 14.8 Å². The molecule has 3 aliphatic heterocycles. The summed E-state index contributed by atoms with van der Waals surface area (Å²) in [5, 5.41) is 1.09. The highest BCUT2D eigenvalue weighted by molar-refractivity contribution is 5.99. The van der Waals surface area contributed by atoms with E-state index in [9.17, 15) is 9.59 Å². The summed E-state index contributed by atoms with van der Waals surface area (Å²) in [5.74, 6) is 0.101. The van der Waals surface area contributed by atoms with Crippen molar-refractivity contribution in [1.29, 1.82) is 0 Å². The molecule has 0 unspecified atom stereocenters. The van der Waals surface area contributed by atoms with Crippen LogP contribution in [-0.4, -0.2) is 66.0 Å². The number of H-pyrrole nitrogens is 1. The largest absolute Gasteiger partial charge is 0.383 e. The highest BCUT2D eigenvalue weighted by atomic mass is 16.5. The fourth-order valence-corrected chi connectivity index (χ4v) is 4.47. The van der Waals surface area contributed by atoms with Gasteiger partial charge in [0.2, 0.25) is 5.91 Å². The minimum Gasteiger partial charge on any atom is -0.383 e. The molecule has 1 aromatic carbocycles. The molecule has 5 rings (SSSR count). The minimum atomic E-state index is -0.0930. The van der Waals surface area contributed by atoms with Crippen LogP contribution in [0.2, 0.25) is 0 Å². The van der Waals surface area contributed by atoms with E-state index in [1.165, 1.54) is 5.56 Å². The van der Waals surface area contributed by atoms with Gasteiger partial charge in [-0.25, -0.2) is 0 Å². The lowest BCUT2D eigenvalue weighted by Crippen LogP contribution is -2.49. The van der Waals surface area contributed by atoms with Gasteiger partial charge in [0.1, 0.15) is 0 Å². The number of ether oxygens (including phenoxy) is 1. The topological polar surface area (TPSA) is 65.6 Å². The van der Waals surface area contributed by atoms with Crippen LogP contribution in [0.25, 0.3) is 10.9 Å². The number of aromatic nitrogens is 1. The first kappa shape index (κ1) is 18.0. The number of hydrogen-bond acceptors (Lipinski definition) is 3. The smallest absolute Gasteiger partial charge is 0.253 e. The first-order valence-corrected chi connectivity index (χ1v) is 9.67. The van der Waals surface area contributed by atoms with Crippen molar-refractivity contribution in [3.63, 3.8) is 0 Å². The second-order valence-electron chi connectivity index (χ2n) is 7.80. The highest BCUT2D eigenvalue weighted by Gasteiger charge is 2.41. The molecule has 0 spiro atoms. The Hall–Kier alpha value is -2.34. The molecule has 0 radical (unpaired) electrons. The molecular formula is C21H27N3O3. The molecule has 2 aromatic rings. The molecule has 0 aliphatic carbocycles. The van der Waals surface area contributed by atoms with E-state index >= 15 is 0 Å². The Kier molecular flexibility index (Phi) is 4.68. The van der Waals surface area contributed by atoms with Crippen molar-refractivity contribution in [2.24, 2.45) is 5.92 Å². The number of nitrogens with zero attached hydrogens (tertiary/aromatic N) is 2. The second-order valence-corrected chi connectivity index (χ2v) is 7.80. The van der Waals surface area contributed by atoms with E-state index in [0.29, 0.717) is 31.8 Å². The molecule has 2 amide bonds. The number of rotatable bonds is 4. The predicted molar refractivity (Wildman–Crippen MR) is 104 cm³/mol. The molecule has 2 bridgehead atoms. The van der Waals surface area contributed by atoms with Crippen LogP contribution in [0.5, 0.6) is 0 Å². The Morgan fingerprint density at radius 3 is 2.85 bits per heavy atom. The van der Waals surface area contributed by atoms with Gasteiger partial charge in [0.05, 0.1) is 12.5 Å². The Morgan fingerprint density at radius 2 is 2.07 bits per heavy atom. The Balaban J connectivity index is 1.59. The summed E-state index contributed by atoms with van der Waals surface area (Å²) in [4.78, 5) is 33.1. The third-order valence-electron chi connectivity index (χ3n) is 6.17. The monoisotopic (exact) mass is 369 g/mol. The lowest BCUT2D eigenvalue weighted by molar-refractivity contribution is -0.140. The average Bonchev–Trinajstić information content (AvgIpc) is 2.83. The van der Waals surface area contributed by atoms with Gasteiger partial charge >= 0.3 is 0 Å². The Bertz CT molecular complexity index is 888.